The van der Waals surface area contributed by atoms with Crippen LogP contribution in [0.5, 0.6) is 5.75 Å². The van der Waals surface area contributed by atoms with E-state index in [1.165, 1.54) is 0 Å². The van der Waals surface area contributed by atoms with E-state index < -0.39 is 0 Å². The Bertz CT molecular complexity index is 973. The first-order valence-electron chi connectivity index (χ1n) is 8.18. The Morgan fingerprint density at radius 2 is 1.96 bits per heavy atom. The Hall–Kier alpha value is -3.68. The molecule has 0 unspecified atom stereocenters. The highest BCUT2D eigenvalue weighted by molar-refractivity contribution is 5.84. The molecule has 0 aliphatic heterocycles. The summed E-state index contributed by atoms with van der Waals surface area (Å²) in [5.74, 6) is 1.95. The van der Waals surface area contributed by atoms with E-state index in [1.807, 2.05) is 42.5 Å². The monoisotopic (exact) mass is 347 g/mol. The smallest absolute Gasteiger partial charge is 0.231 e. The Morgan fingerprint density at radius 3 is 2.81 bits per heavy atom. The molecule has 0 saturated carbocycles. The first-order valence-corrected chi connectivity index (χ1v) is 8.18. The van der Waals surface area contributed by atoms with Crippen molar-refractivity contribution in [3.05, 3.63) is 61.2 Å². The largest absolute Gasteiger partial charge is 0.492 e. The van der Waals surface area contributed by atoms with Crippen molar-refractivity contribution in [2.75, 3.05) is 23.8 Å². The molecular weight excluding hydrogens is 330 g/mol. The second kappa shape index (κ2) is 7.47. The van der Waals surface area contributed by atoms with Crippen molar-refractivity contribution in [1.82, 2.24) is 24.9 Å². The quantitative estimate of drug-likeness (QED) is 0.442. The van der Waals surface area contributed by atoms with Gasteiger partial charge < -0.3 is 20.4 Å². The number of fused-ring (bicyclic) bond motifs is 1. The minimum atomic E-state index is 0.448. The zero-order valence-electron chi connectivity index (χ0n) is 13.9. The number of ether oxygens (including phenoxy) is 1. The van der Waals surface area contributed by atoms with E-state index in [-0.39, 0.29) is 0 Å². The fourth-order valence-electron chi connectivity index (χ4n) is 2.44. The van der Waals surface area contributed by atoms with E-state index in [0.717, 1.165) is 17.0 Å². The number of hydrogen-bond acceptors (Lipinski definition) is 7. The predicted octanol–water partition coefficient (Wildman–Crippen LogP) is 2.98. The van der Waals surface area contributed by atoms with Gasteiger partial charge in [-0.05, 0) is 24.3 Å². The third-order valence-corrected chi connectivity index (χ3v) is 3.61. The number of aromatic nitrogens is 5. The van der Waals surface area contributed by atoms with Crippen LogP contribution in [-0.4, -0.2) is 38.1 Å². The highest BCUT2D eigenvalue weighted by atomic mass is 16.5. The highest BCUT2D eigenvalue weighted by Crippen LogP contribution is 2.20. The summed E-state index contributed by atoms with van der Waals surface area (Å²) >= 11 is 0. The molecule has 130 valence electrons. The summed E-state index contributed by atoms with van der Waals surface area (Å²) in [7, 11) is 0. The Kier molecular flexibility index (Phi) is 4.55. The van der Waals surface area contributed by atoms with Crippen molar-refractivity contribution in [3.63, 3.8) is 0 Å². The zero-order valence-corrected chi connectivity index (χ0v) is 13.9. The lowest BCUT2D eigenvalue weighted by Gasteiger charge is -2.10. The lowest BCUT2D eigenvalue weighted by molar-refractivity contribution is 0.333. The summed E-state index contributed by atoms with van der Waals surface area (Å²) < 4.78 is 5.69. The first-order chi connectivity index (χ1) is 12.9. The van der Waals surface area contributed by atoms with Crippen LogP contribution in [0.2, 0.25) is 0 Å². The molecule has 0 fully saturated rings. The number of hydrogen-bond donors (Lipinski definition) is 3. The van der Waals surface area contributed by atoms with E-state index in [1.54, 1.807) is 18.7 Å². The second-order valence-electron chi connectivity index (χ2n) is 5.45. The molecule has 0 bridgehead atoms. The average molecular weight is 347 g/mol. The van der Waals surface area contributed by atoms with Gasteiger partial charge in [-0.1, -0.05) is 18.2 Å². The van der Waals surface area contributed by atoms with Gasteiger partial charge in [0.1, 0.15) is 17.9 Å². The van der Waals surface area contributed by atoms with Gasteiger partial charge in [0.2, 0.25) is 5.95 Å². The number of nitrogens with one attached hydrogen (secondary N) is 3. The molecule has 0 spiro atoms. The van der Waals surface area contributed by atoms with Crippen LogP contribution in [0.3, 0.4) is 0 Å². The molecular formula is C18H17N7O. The molecule has 4 rings (SSSR count). The maximum Gasteiger partial charge on any atom is 0.231 e. The highest BCUT2D eigenvalue weighted by Gasteiger charge is 2.10. The molecule has 1 aromatic carbocycles. The lowest BCUT2D eigenvalue weighted by atomic mass is 10.3. The number of H-pyrrole nitrogens is 1. The molecule has 3 N–H and O–H groups in total. The summed E-state index contributed by atoms with van der Waals surface area (Å²) in [5, 5.41) is 6.40. The van der Waals surface area contributed by atoms with Crippen LogP contribution < -0.4 is 15.4 Å². The SMILES string of the molecule is c1ccc(OCCNc2nc(Nc3cccnc3)nc3nc[nH]c23)cc1. The number of anilines is 3. The number of aromatic amines is 1. The minimum Gasteiger partial charge on any atom is -0.492 e. The number of rotatable bonds is 7. The molecule has 0 atom stereocenters. The van der Waals surface area contributed by atoms with Gasteiger partial charge in [0, 0.05) is 6.20 Å². The Balaban J connectivity index is 1.46. The van der Waals surface area contributed by atoms with Gasteiger partial charge in [-0.25, -0.2) is 4.98 Å². The summed E-state index contributed by atoms with van der Waals surface area (Å²) in [6.45, 7) is 1.10. The van der Waals surface area contributed by atoms with Gasteiger partial charge in [-0.15, -0.1) is 0 Å². The average Bonchev–Trinajstić information content (AvgIpc) is 3.15. The fraction of sp³-hybridized carbons (Fsp3) is 0.111. The summed E-state index contributed by atoms with van der Waals surface area (Å²) in [6, 6.07) is 13.4. The van der Waals surface area contributed by atoms with Crippen molar-refractivity contribution in [3.8, 4) is 5.75 Å². The normalized spacial score (nSPS) is 10.6. The maximum absolute atomic E-state index is 5.69. The van der Waals surface area contributed by atoms with E-state index in [2.05, 4.69) is 35.6 Å². The van der Waals surface area contributed by atoms with Crippen LogP contribution in [0.4, 0.5) is 17.5 Å². The van der Waals surface area contributed by atoms with Gasteiger partial charge in [-0.2, -0.15) is 9.97 Å². The molecule has 3 heterocycles. The van der Waals surface area contributed by atoms with Gasteiger partial charge in [-0.3, -0.25) is 4.98 Å². The van der Waals surface area contributed by atoms with Gasteiger partial charge in [0.05, 0.1) is 24.8 Å². The zero-order chi connectivity index (χ0) is 17.6. The van der Waals surface area contributed by atoms with Crippen molar-refractivity contribution in [2.45, 2.75) is 0 Å². The van der Waals surface area contributed by atoms with E-state index >= 15 is 0 Å². The standard InChI is InChI=1S/C18H17N7O/c1-2-6-14(7-3-1)26-10-9-20-16-15-17(22-12-21-15)25-18(24-16)23-13-5-4-8-19-11-13/h1-8,11-12H,9-10H2,(H3,20,21,22,23,24,25). The number of pyridine rings is 1. The summed E-state index contributed by atoms with van der Waals surface area (Å²) in [6.07, 6.45) is 5.01. The Morgan fingerprint density at radius 1 is 1.04 bits per heavy atom. The van der Waals surface area contributed by atoms with Crippen molar-refractivity contribution < 1.29 is 4.74 Å². The van der Waals surface area contributed by atoms with Gasteiger partial charge in [0.15, 0.2) is 11.5 Å². The van der Waals surface area contributed by atoms with Crippen LogP contribution in [0.15, 0.2) is 61.2 Å². The second-order valence-corrected chi connectivity index (χ2v) is 5.45. The van der Waals surface area contributed by atoms with Crippen LogP contribution in [0, 0.1) is 0 Å². The third kappa shape index (κ3) is 3.69. The van der Waals surface area contributed by atoms with Gasteiger partial charge >= 0.3 is 0 Å². The van der Waals surface area contributed by atoms with Gasteiger partial charge in [0.25, 0.3) is 0 Å². The molecule has 8 heteroatoms. The molecule has 0 aliphatic carbocycles. The number of nitrogens with zero attached hydrogens (tertiary/aromatic N) is 4. The summed E-state index contributed by atoms with van der Waals surface area (Å²) in [4.78, 5) is 20.3. The molecule has 4 aromatic rings. The molecule has 0 radical (unpaired) electrons. The topological polar surface area (TPSA) is 101 Å². The Labute approximate surface area is 149 Å². The van der Waals surface area contributed by atoms with Crippen LogP contribution in [0.1, 0.15) is 0 Å². The number of para-hydroxylation sites is 1. The third-order valence-electron chi connectivity index (χ3n) is 3.61. The van der Waals surface area contributed by atoms with Crippen molar-refractivity contribution in [2.24, 2.45) is 0 Å². The van der Waals surface area contributed by atoms with Crippen LogP contribution >= 0.6 is 0 Å². The minimum absolute atomic E-state index is 0.448. The molecule has 8 nitrogen and oxygen atoms in total. The molecule has 0 saturated heterocycles. The summed E-state index contributed by atoms with van der Waals surface area (Å²) in [5.41, 5.74) is 2.14. The van der Waals surface area contributed by atoms with E-state index in [4.69, 9.17) is 4.74 Å². The predicted molar refractivity (Wildman–Crippen MR) is 99.6 cm³/mol. The lowest BCUT2D eigenvalue weighted by Crippen LogP contribution is -2.13. The number of benzene rings is 1. The molecule has 0 aliphatic rings. The fourth-order valence-corrected chi connectivity index (χ4v) is 2.44. The van der Waals surface area contributed by atoms with Crippen LogP contribution in [-0.2, 0) is 0 Å². The molecule has 26 heavy (non-hydrogen) atoms. The van der Waals surface area contributed by atoms with Crippen molar-refractivity contribution >= 4 is 28.6 Å². The maximum atomic E-state index is 5.69. The van der Waals surface area contributed by atoms with Crippen LogP contribution in [0.25, 0.3) is 11.2 Å². The van der Waals surface area contributed by atoms with Crippen molar-refractivity contribution in [1.29, 1.82) is 0 Å². The first kappa shape index (κ1) is 15.8. The number of imidazole rings is 1. The van der Waals surface area contributed by atoms with E-state index in [9.17, 15) is 0 Å². The molecule has 0 amide bonds. The molecule has 3 aromatic heterocycles. The van der Waals surface area contributed by atoms with E-state index in [0.29, 0.717) is 30.6 Å².